The fraction of sp³-hybridized carbons (Fsp3) is 0.400. The van der Waals surface area contributed by atoms with Crippen molar-refractivity contribution < 1.29 is 13.9 Å². The fourth-order valence-corrected chi connectivity index (χ4v) is 1.70. The fourth-order valence-electron chi connectivity index (χ4n) is 1.70. The van der Waals surface area contributed by atoms with E-state index in [1.54, 1.807) is 0 Å². The van der Waals surface area contributed by atoms with Crippen LogP contribution in [-0.4, -0.2) is 5.11 Å². The molecule has 70 valence electrons. The van der Waals surface area contributed by atoms with Crippen molar-refractivity contribution in [3.63, 3.8) is 0 Å². The van der Waals surface area contributed by atoms with Crippen molar-refractivity contribution in [2.24, 2.45) is 0 Å². The van der Waals surface area contributed by atoms with E-state index in [0.717, 1.165) is 6.42 Å². The Hall–Kier alpha value is -0.960. The summed E-state index contributed by atoms with van der Waals surface area (Å²) in [6.07, 6.45) is 1.72. The highest BCUT2D eigenvalue weighted by Gasteiger charge is 2.40. The standard InChI is InChI=1S/C10H10F2O/c11-7-3-1-4-8(12)9(7)10(13)5-2-6-10/h1,3-4,13H,2,5-6H2. The van der Waals surface area contributed by atoms with Gasteiger partial charge in [-0.05, 0) is 31.4 Å². The van der Waals surface area contributed by atoms with Gasteiger partial charge in [-0.3, -0.25) is 0 Å². The maximum atomic E-state index is 13.2. The molecular formula is C10H10F2O. The third kappa shape index (κ3) is 1.23. The molecule has 13 heavy (non-hydrogen) atoms. The molecule has 0 heterocycles. The predicted molar refractivity (Wildman–Crippen MR) is 44.1 cm³/mol. The van der Waals surface area contributed by atoms with Crippen molar-refractivity contribution in [1.82, 2.24) is 0 Å². The first-order valence-corrected chi connectivity index (χ1v) is 4.30. The molecule has 0 radical (unpaired) electrons. The van der Waals surface area contributed by atoms with Gasteiger partial charge < -0.3 is 5.11 Å². The molecule has 3 heteroatoms. The van der Waals surface area contributed by atoms with Gasteiger partial charge >= 0.3 is 0 Å². The minimum Gasteiger partial charge on any atom is -0.385 e. The molecule has 1 aliphatic rings. The van der Waals surface area contributed by atoms with Crippen LogP contribution in [0.5, 0.6) is 0 Å². The monoisotopic (exact) mass is 184 g/mol. The van der Waals surface area contributed by atoms with Crippen molar-refractivity contribution >= 4 is 0 Å². The molecule has 1 N–H and O–H groups in total. The Labute approximate surface area is 75.0 Å². The molecule has 0 amide bonds. The molecule has 1 nitrogen and oxygen atoms in total. The van der Waals surface area contributed by atoms with Crippen LogP contribution in [0.3, 0.4) is 0 Å². The van der Waals surface area contributed by atoms with Crippen LogP contribution in [0, 0.1) is 11.6 Å². The van der Waals surface area contributed by atoms with E-state index in [1.807, 2.05) is 0 Å². The summed E-state index contributed by atoms with van der Waals surface area (Å²) >= 11 is 0. The van der Waals surface area contributed by atoms with Crippen molar-refractivity contribution in [3.8, 4) is 0 Å². The van der Waals surface area contributed by atoms with Gasteiger partial charge in [-0.1, -0.05) is 6.07 Å². The second-order valence-corrected chi connectivity index (χ2v) is 3.48. The first kappa shape index (κ1) is 8.63. The van der Waals surface area contributed by atoms with Gasteiger partial charge in [0.2, 0.25) is 0 Å². The molecule has 0 aliphatic heterocycles. The number of hydrogen-bond acceptors (Lipinski definition) is 1. The Bertz CT molecular complexity index is 311. The second-order valence-electron chi connectivity index (χ2n) is 3.48. The first-order chi connectivity index (χ1) is 6.13. The number of benzene rings is 1. The Morgan fingerprint density at radius 2 is 1.69 bits per heavy atom. The van der Waals surface area contributed by atoms with Crippen LogP contribution in [-0.2, 0) is 5.60 Å². The molecule has 0 aromatic heterocycles. The third-order valence-electron chi connectivity index (χ3n) is 2.61. The largest absolute Gasteiger partial charge is 0.385 e. The van der Waals surface area contributed by atoms with Gasteiger partial charge in [-0.15, -0.1) is 0 Å². The molecule has 0 atom stereocenters. The molecular weight excluding hydrogens is 174 g/mol. The molecule has 2 rings (SSSR count). The molecule has 1 aromatic carbocycles. The maximum absolute atomic E-state index is 13.2. The van der Waals surface area contributed by atoms with Crippen molar-refractivity contribution in [2.75, 3.05) is 0 Å². The lowest BCUT2D eigenvalue weighted by atomic mass is 9.75. The van der Waals surface area contributed by atoms with E-state index < -0.39 is 17.2 Å². The molecule has 1 aromatic rings. The zero-order valence-corrected chi connectivity index (χ0v) is 7.06. The maximum Gasteiger partial charge on any atom is 0.132 e. The van der Waals surface area contributed by atoms with E-state index in [2.05, 4.69) is 0 Å². The normalized spacial score (nSPS) is 19.6. The quantitative estimate of drug-likeness (QED) is 0.710. The lowest BCUT2D eigenvalue weighted by molar-refractivity contribution is -0.0446. The predicted octanol–water partition coefficient (Wildman–Crippen LogP) is 2.34. The molecule has 0 unspecified atom stereocenters. The molecule has 0 saturated heterocycles. The highest BCUT2D eigenvalue weighted by molar-refractivity contribution is 5.27. The van der Waals surface area contributed by atoms with Gasteiger partial charge in [0.05, 0.1) is 11.2 Å². The topological polar surface area (TPSA) is 20.2 Å². The minimum absolute atomic E-state index is 0.166. The van der Waals surface area contributed by atoms with Gasteiger partial charge in [0.1, 0.15) is 11.6 Å². The zero-order valence-electron chi connectivity index (χ0n) is 7.06. The summed E-state index contributed by atoms with van der Waals surface area (Å²) in [5.74, 6) is -1.30. The van der Waals surface area contributed by atoms with Crippen molar-refractivity contribution in [2.45, 2.75) is 24.9 Å². The summed E-state index contributed by atoms with van der Waals surface area (Å²) in [4.78, 5) is 0. The lowest BCUT2D eigenvalue weighted by Gasteiger charge is -2.37. The summed E-state index contributed by atoms with van der Waals surface area (Å²) in [5, 5.41) is 9.76. The van der Waals surface area contributed by atoms with Crippen LogP contribution in [0.4, 0.5) is 8.78 Å². The SMILES string of the molecule is OC1(c2c(F)cccc2F)CCC1. The number of hydrogen-bond donors (Lipinski definition) is 1. The van der Waals surface area contributed by atoms with E-state index in [9.17, 15) is 13.9 Å². The molecule has 1 aliphatic carbocycles. The Balaban J connectivity index is 2.49. The highest BCUT2D eigenvalue weighted by atomic mass is 19.1. The van der Waals surface area contributed by atoms with Crippen molar-refractivity contribution in [3.05, 3.63) is 35.4 Å². The highest BCUT2D eigenvalue weighted by Crippen LogP contribution is 2.42. The first-order valence-electron chi connectivity index (χ1n) is 4.30. The molecule has 0 spiro atoms. The van der Waals surface area contributed by atoms with Gasteiger partial charge in [0.15, 0.2) is 0 Å². The van der Waals surface area contributed by atoms with Gasteiger partial charge in [-0.25, -0.2) is 8.78 Å². The minimum atomic E-state index is -1.25. The van der Waals surface area contributed by atoms with Crippen LogP contribution < -0.4 is 0 Å². The molecule has 1 saturated carbocycles. The summed E-state index contributed by atoms with van der Waals surface area (Å²) < 4.78 is 26.3. The van der Waals surface area contributed by atoms with Crippen molar-refractivity contribution in [1.29, 1.82) is 0 Å². The van der Waals surface area contributed by atoms with E-state index in [1.165, 1.54) is 18.2 Å². The number of halogens is 2. The van der Waals surface area contributed by atoms with E-state index >= 15 is 0 Å². The summed E-state index contributed by atoms with van der Waals surface area (Å²) in [6, 6.07) is 3.65. The van der Waals surface area contributed by atoms with E-state index in [4.69, 9.17) is 0 Å². The average Bonchev–Trinajstić information content (AvgIpc) is 2.01. The van der Waals surface area contributed by atoms with Gasteiger partial charge in [-0.2, -0.15) is 0 Å². The molecule has 0 bridgehead atoms. The zero-order chi connectivity index (χ0) is 9.47. The van der Waals surface area contributed by atoms with Crippen LogP contribution in [0.25, 0.3) is 0 Å². The van der Waals surface area contributed by atoms with Gasteiger partial charge in [0.25, 0.3) is 0 Å². The molecule has 1 fully saturated rings. The van der Waals surface area contributed by atoms with E-state index in [-0.39, 0.29) is 5.56 Å². The van der Waals surface area contributed by atoms with Crippen LogP contribution >= 0.6 is 0 Å². The Kier molecular flexibility index (Phi) is 1.84. The average molecular weight is 184 g/mol. The Morgan fingerprint density at radius 1 is 1.15 bits per heavy atom. The third-order valence-corrected chi connectivity index (χ3v) is 2.61. The summed E-state index contributed by atoms with van der Waals surface area (Å²) in [7, 11) is 0. The second kappa shape index (κ2) is 2.77. The lowest BCUT2D eigenvalue weighted by Crippen LogP contribution is -2.35. The van der Waals surface area contributed by atoms with Crippen LogP contribution in [0.2, 0.25) is 0 Å². The van der Waals surface area contributed by atoms with Crippen LogP contribution in [0.1, 0.15) is 24.8 Å². The Morgan fingerprint density at radius 3 is 2.08 bits per heavy atom. The summed E-state index contributed by atoms with van der Waals surface area (Å²) in [6.45, 7) is 0. The summed E-state index contributed by atoms with van der Waals surface area (Å²) in [5.41, 5.74) is -1.42. The number of rotatable bonds is 1. The smallest absolute Gasteiger partial charge is 0.132 e. The van der Waals surface area contributed by atoms with Crippen LogP contribution in [0.15, 0.2) is 18.2 Å². The van der Waals surface area contributed by atoms with E-state index in [0.29, 0.717) is 12.8 Å². The van der Waals surface area contributed by atoms with Gasteiger partial charge in [0, 0.05) is 0 Å². The number of aliphatic hydroxyl groups is 1.